The molecule has 0 aliphatic carbocycles. The maximum Gasteiger partial charge on any atom is 0.200 e. The van der Waals surface area contributed by atoms with Gasteiger partial charge in [0, 0.05) is 12.0 Å². The maximum absolute atomic E-state index is 13.3. The Bertz CT molecular complexity index is 549. The van der Waals surface area contributed by atoms with E-state index in [0.717, 1.165) is 6.42 Å². The molecule has 0 saturated heterocycles. The summed E-state index contributed by atoms with van der Waals surface area (Å²) in [6, 6.07) is 7.79. The zero-order valence-electron chi connectivity index (χ0n) is 8.85. The highest BCUT2D eigenvalue weighted by Gasteiger charge is 2.25. The summed E-state index contributed by atoms with van der Waals surface area (Å²) in [5, 5.41) is 0. The number of hydrogen-bond donors (Lipinski definition) is 0. The molecule has 0 amide bonds. The van der Waals surface area contributed by atoms with Crippen LogP contribution in [0.5, 0.6) is 0 Å². The van der Waals surface area contributed by atoms with E-state index in [1.165, 1.54) is 12.1 Å². The summed E-state index contributed by atoms with van der Waals surface area (Å²) in [5.74, 6) is -9.73. The second kappa shape index (κ2) is 4.76. The van der Waals surface area contributed by atoms with Crippen LogP contribution in [0, 0.1) is 35.5 Å². The summed E-state index contributed by atoms with van der Waals surface area (Å²) in [4.78, 5) is 0. The average molecular weight is 257 g/mol. The van der Waals surface area contributed by atoms with Crippen molar-refractivity contribution in [2.45, 2.75) is 0 Å². The van der Waals surface area contributed by atoms with Gasteiger partial charge in [-0.25, -0.2) is 22.0 Å². The van der Waals surface area contributed by atoms with Gasteiger partial charge in [-0.3, -0.25) is 0 Å². The molecule has 0 bridgehead atoms. The summed E-state index contributed by atoms with van der Waals surface area (Å²) in [6.45, 7) is 0. The van der Waals surface area contributed by atoms with Crippen molar-refractivity contribution in [3.63, 3.8) is 0 Å². The van der Waals surface area contributed by atoms with Gasteiger partial charge in [-0.05, 0) is 5.56 Å². The van der Waals surface area contributed by atoms with Crippen LogP contribution in [0.2, 0.25) is 0 Å². The molecule has 0 aromatic heterocycles. The molecular formula is C13H6F5. The quantitative estimate of drug-likeness (QED) is 0.433. The molecular weight excluding hydrogens is 251 g/mol. The summed E-state index contributed by atoms with van der Waals surface area (Å²) in [5.41, 5.74) is -0.613. The molecule has 0 heterocycles. The molecule has 0 unspecified atom stereocenters. The first-order valence-corrected chi connectivity index (χ1v) is 4.93. The van der Waals surface area contributed by atoms with Gasteiger partial charge in [0.05, 0.1) is 0 Å². The number of benzene rings is 2. The van der Waals surface area contributed by atoms with Crippen molar-refractivity contribution in [3.05, 3.63) is 77.0 Å². The summed E-state index contributed by atoms with van der Waals surface area (Å²) < 4.78 is 65.3. The third kappa shape index (κ3) is 2.08. The minimum absolute atomic E-state index is 0.334. The highest BCUT2D eigenvalue weighted by Crippen LogP contribution is 2.25. The Labute approximate surface area is 99.7 Å². The summed E-state index contributed by atoms with van der Waals surface area (Å²) in [7, 11) is 0. The van der Waals surface area contributed by atoms with Crippen molar-refractivity contribution in [2.75, 3.05) is 0 Å². The van der Waals surface area contributed by atoms with Gasteiger partial charge in [-0.2, -0.15) is 0 Å². The van der Waals surface area contributed by atoms with E-state index in [4.69, 9.17) is 0 Å². The standard InChI is InChI=1S/C13H6F5/c14-9-8(6-7-4-2-1-3-5-7)10(15)12(17)13(18)11(9)16/h1-6H. The lowest BCUT2D eigenvalue weighted by Gasteiger charge is -2.07. The lowest BCUT2D eigenvalue weighted by molar-refractivity contribution is 0.374. The van der Waals surface area contributed by atoms with Crippen LogP contribution in [0.15, 0.2) is 30.3 Å². The number of halogens is 5. The fourth-order valence-corrected chi connectivity index (χ4v) is 1.46. The largest absolute Gasteiger partial charge is 0.203 e. The SMILES string of the molecule is Fc1c(F)c(F)c([CH]c2ccccc2)c(F)c1F. The van der Waals surface area contributed by atoms with Crippen LogP contribution in [0.4, 0.5) is 22.0 Å². The Morgan fingerprint density at radius 3 is 1.56 bits per heavy atom. The van der Waals surface area contributed by atoms with E-state index in [-0.39, 0.29) is 0 Å². The van der Waals surface area contributed by atoms with Crippen LogP contribution < -0.4 is 0 Å². The molecule has 2 aromatic rings. The molecule has 2 aromatic carbocycles. The molecule has 0 aliphatic rings. The van der Waals surface area contributed by atoms with Crippen molar-refractivity contribution in [2.24, 2.45) is 0 Å². The van der Waals surface area contributed by atoms with Crippen molar-refractivity contribution >= 4 is 0 Å². The van der Waals surface area contributed by atoms with E-state index < -0.39 is 34.6 Å². The monoisotopic (exact) mass is 257 g/mol. The molecule has 18 heavy (non-hydrogen) atoms. The van der Waals surface area contributed by atoms with Crippen molar-refractivity contribution in [1.29, 1.82) is 0 Å². The molecule has 2 rings (SSSR count). The van der Waals surface area contributed by atoms with E-state index in [0.29, 0.717) is 5.56 Å². The van der Waals surface area contributed by atoms with Crippen LogP contribution >= 0.6 is 0 Å². The van der Waals surface area contributed by atoms with E-state index >= 15 is 0 Å². The molecule has 0 aliphatic heterocycles. The molecule has 0 atom stereocenters. The third-order valence-electron chi connectivity index (χ3n) is 2.35. The van der Waals surface area contributed by atoms with Gasteiger partial charge in [-0.1, -0.05) is 30.3 Å². The molecule has 0 fully saturated rings. The minimum atomic E-state index is -2.16. The zero-order chi connectivity index (χ0) is 13.3. The van der Waals surface area contributed by atoms with Crippen molar-refractivity contribution in [1.82, 2.24) is 0 Å². The predicted molar refractivity (Wildman–Crippen MR) is 55.2 cm³/mol. The second-order valence-electron chi connectivity index (χ2n) is 3.54. The lowest BCUT2D eigenvalue weighted by atomic mass is 10.0. The van der Waals surface area contributed by atoms with Gasteiger partial charge < -0.3 is 0 Å². The summed E-state index contributed by atoms with van der Waals surface area (Å²) >= 11 is 0. The zero-order valence-corrected chi connectivity index (χ0v) is 8.85. The average Bonchev–Trinajstić information content (AvgIpc) is 2.40. The predicted octanol–water partition coefficient (Wildman–Crippen LogP) is 3.98. The van der Waals surface area contributed by atoms with Crippen LogP contribution in [-0.4, -0.2) is 0 Å². The van der Waals surface area contributed by atoms with Gasteiger partial charge in [0.2, 0.25) is 5.82 Å². The van der Waals surface area contributed by atoms with E-state index in [2.05, 4.69) is 0 Å². The van der Waals surface area contributed by atoms with Crippen molar-refractivity contribution < 1.29 is 22.0 Å². The van der Waals surface area contributed by atoms with E-state index in [9.17, 15) is 22.0 Å². The molecule has 5 heteroatoms. The highest BCUT2D eigenvalue weighted by atomic mass is 19.2. The van der Waals surface area contributed by atoms with Gasteiger partial charge >= 0.3 is 0 Å². The lowest BCUT2D eigenvalue weighted by Crippen LogP contribution is -2.06. The normalized spacial score (nSPS) is 10.7. The molecule has 0 saturated carbocycles. The minimum Gasteiger partial charge on any atom is -0.203 e. The first kappa shape index (κ1) is 12.5. The topological polar surface area (TPSA) is 0 Å². The molecule has 0 N–H and O–H groups in total. The van der Waals surface area contributed by atoms with Crippen molar-refractivity contribution in [3.8, 4) is 0 Å². The number of hydrogen-bond acceptors (Lipinski definition) is 0. The van der Waals surface area contributed by atoms with Gasteiger partial charge in [0.25, 0.3) is 0 Å². The second-order valence-corrected chi connectivity index (χ2v) is 3.54. The molecule has 93 valence electrons. The Morgan fingerprint density at radius 1 is 0.611 bits per heavy atom. The molecule has 0 spiro atoms. The number of rotatable bonds is 2. The Morgan fingerprint density at radius 2 is 1.06 bits per heavy atom. The Hall–Kier alpha value is -1.91. The van der Waals surface area contributed by atoms with Crippen LogP contribution in [0.1, 0.15) is 11.1 Å². The van der Waals surface area contributed by atoms with Crippen LogP contribution in [-0.2, 0) is 0 Å². The van der Waals surface area contributed by atoms with Gasteiger partial charge in [-0.15, -0.1) is 0 Å². The first-order valence-electron chi connectivity index (χ1n) is 4.93. The van der Waals surface area contributed by atoms with E-state index in [1.54, 1.807) is 18.2 Å². The Balaban J connectivity index is 2.52. The molecule has 0 nitrogen and oxygen atoms in total. The van der Waals surface area contributed by atoms with Crippen LogP contribution in [0.25, 0.3) is 0 Å². The van der Waals surface area contributed by atoms with Gasteiger partial charge in [0.1, 0.15) is 0 Å². The van der Waals surface area contributed by atoms with Gasteiger partial charge in [0.15, 0.2) is 23.3 Å². The smallest absolute Gasteiger partial charge is 0.200 e. The first-order chi connectivity index (χ1) is 8.52. The summed E-state index contributed by atoms with van der Waals surface area (Å²) in [6.07, 6.45) is 0.899. The van der Waals surface area contributed by atoms with E-state index in [1.807, 2.05) is 0 Å². The maximum atomic E-state index is 13.3. The van der Waals surface area contributed by atoms with Crippen LogP contribution in [0.3, 0.4) is 0 Å². The fraction of sp³-hybridized carbons (Fsp3) is 0. The Kier molecular flexibility index (Phi) is 3.32. The third-order valence-corrected chi connectivity index (χ3v) is 2.35. The fourth-order valence-electron chi connectivity index (χ4n) is 1.46. The molecule has 1 radical (unpaired) electrons. The highest BCUT2D eigenvalue weighted by molar-refractivity contribution is 5.39.